The highest BCUT2D eigenvalue weighted by Gasteiger charge is 2.34. The zero-order chi connectivity index (χ0) is 17.3. The molecule has 3 rings (SSSR count). The highest BCUT2D eigenvalue weighted by Crippen LogP contribution is 2.24. The smallest absolute Gasteiger partial charge is 0.410 e. The SMILES string of the molecule is CC(C)(C)OC(=O)N1CC(Cn2cnnc2-c2ccc(Br)cc2)C1. The predicted molar refractivity (Wildman–Crippen MR) is 94.5 cm³/mol. The molecule has 7 heteroatoms. The van der Waals surface area contributed by atoms with Gasteiger partial charge in [-0.15, -0.1) is 10.2 Å². The van der Waals surface area contributed by atoms with Gasteiger partial charge >= 0.3 is 6.09 Å². The van der Waals surface area contributed by atoms with Gasteiger partial charge in [0.25, 0.3) is 0 Å². The van der Waals surface area contributed by atoms with Gasteiger partial charge in [-0.3, -0.25) is 0 Å². The van der Waals surface area contributed by atoms with E-state index in [1.54, 1.807) is 11.2 Å². The molecule has 2 aromatic rings. The zero-order valence-corrected chi connectivity index (χ0v) is 15.7. The number of benzene rings is 1. The van der Waals surface area contributed by atoms with Crippen molar-refractivity contribution in [2.24, 2.45) is 5.92 Å². The van der Waals surface area contributed by atoms with E-state index in [1.165, 1.54) is 0 Å². The number of aromatic nitrogens is 3. The number of carbonyl (C=O) groups is 1. The summed E-state index contributed by atoms with van der Waals surface area (Å²) in [5.41, 5.74) is 0.574. The van der Waals surface area contributed by atoms with Crippen LogP contribution >= 0.6 is 15.9 Å². The maximum atomic E-state index is 12.0. The Hall–Kier alpha value is -1.89. The normalized spacial score (nSPS) is 15.2. The van der Waals surface area contributed by atoms with Crippen LogP contribution in [0.25, 0.3) is 11.4 Å². The molecule has 1 aromatic heterocycles. The maximum Gasteiger partial charge on any atom is 0.410 e. The van der Waals surface area contributed by atoms with Gasteiger partial charge in [0.15, 0.2) is 5.82 Å². The third-order valence-corrected chi connectivity index (χ3v) is 4.31. The molecule has 0 bridgehead atoms. The molecule has 0 spiro atoms. The lowest BCUT2D eigenvalue weighted by molar-refractivity contribution is -0.00327. The molecule has 2 heterocycles. The van der Waals surface area contributed by atoms with Gasteiger partial charge in [0, 0.05) is 35.6 Å². The van der Waals surface area contributed by atoms with Crippen LogP contribution in [-0.4, -0.2) is 44.4 Å². The summed E-state index contributed by atoms with van der Waals surface area (Å²) < 4.78 is 8.45. The van der Waals surface area contributed by atoms with E-state index in [4.69, 9.17) is 4.74 Å². The lowest BCUT2D eigenvalue weighted by atomic mass is 10.0. The first-order chi connectivity index (χ1) is 11.3. The molecule has 1 saturated heterocycles. The Balaban J connectivity index is 1.59. The van der Waals surface area contributed by atoms with Crippen molar-refractivity contribution < 1.29 is 9.53 Å². The van der Waals surface area contributed by atoms with Crippen molar-refractivity contribution in [1.82, 2.24) is 19.7 Å². The number of rotatable bonds is 3. The van der Waals surface area contributed by atoms with Crippen LogP contribution in [0.15, 0.2) is 35.1 Å². The molecular weight excluding hydrogens is 372 g/mol. The molecule has 0 radical (unpaired) electrons. The van der Waals surface area contributed by atoms with E-state index in [0.717, 1.165) is 22.4 Å². The van der Waals surface area contributed by atoms with Gasteiger partial charge in [-0.2, -0.15) is 0 Å². The average Bonchev–Trinajstić information content (AvgIpc) is 2.89. The molecule has 0 unspecified atom stereocenters. The van der Waals surface area contributed by atoms with Crippen molar-refractivity contribution in [1.29, 1.82) is 0 Å². The van der Waals surface area contributed by atoms with Crippen molar-refractivity contribution in [3.05, 3.63) is 35.1 Å². The molecule has 1 aromatic carbocycles. The number of nitrogens with zero attached hydrogens (tertiary/aromatic N) is 4. The lowest BCUT2D eigenvalue weighted by Crippen LogP contribution is -2.52. The fourth-order valence-corrected chi connectivity index (χ4v) is 2.91. The van der Waals surface area contributed by atoms with Crippen LogP contribution < -0.4 is 0 Å². The molecule has 1 amide bonds. The molecule has 24 heavy (non-hydrogen) atoms. The summed E-state index contributed by atoms with van der Waals surface area (Å²) >= 11 is 3.44. The van der Waals surface area contributed by atoms with Crippen LogP contribution in [0.3, 0.4) is 0 Å². The Morgan fingerprint density at radius 2 is 1.96 bits per heavy atom. The van der Waals surface area contributed by atoms with Gasteiger partial charge in [0.05, 0.1) is 0 Å². The van der Waals surface area contributed by atoms with Crippen molar-refractivity contribution in [3.8, 4) is 11.4 Å². The second-order valence-corrected chi connectivity index (χ2v) is 7.98. The van der Waals surface area contributed by atoms with Crippen LogP contribution in [0.4, 0.5) is 4.79 Å². The lowest BCUT2D eigenvalue weighted by Gasteiger charge is -2.39. The first-order valence-electron chi connectivity index (χ1n) is 7.93. The molecule has 1 fully saturated rings. The summed E-state index contributed by atoms with van der Waals surface area (Å²) in [6.07, 6.45) is 1.50. The maximum absolute atomic E-state index is 12.0. The van der Waals surface area contributed by atoms with E-state index in [2.05, 4.69) is 26.1 Å². The summed E-state index contributed by atoms with van der Waals surface area (Å²) in [6, 6.07) is 8.00. The molecule has 1 aliphatic heterocycles. The van der Waals surface area contributed by atoms with Crippen LogP contribution in [0, 0.1) is 5.92 Å². The van der Waals surface area contributed by atoms with Gasteiger partial charge in [0.2, 0.25) is 0 Å². The van der Waals surface area contributed by atoms with Gasteiger partial charge < -0.3 is 14.2 Å². The summed E-state index contributed by atoms with van der Waals surface area (Å²) in [5, 5.41) is 8.25. The van der Waals surface area contributed by atoms with E-state index >= 15 is 0 Å². The van der Waals surface area contributed by atoms with Gasteiger partial charge in [0.1, 0.15) is 11.9 Å². The molecule has 0 atom stereocenters. The van der Waals surface area contributed by atoms with Crippen molar-refractivity contribution >= 4 is 22.0 Å². The summed E-state index contributed by atoms with van der Waals surface area (Å²) in [6.45, 7) is 7.83. The monoisotopic (exact) mass is 392 g/mol. The largest absolute Gasteiger partial charge is 0.444 e. The minimum absolute atomic E-state index is 0.240. The Kier molecular flexibility index (Phi) is 4.62. The third kappa shape index (κ3) is 3.95. The Labute approximate surface area is 149 Å². The molecule has 128 valence electrons. The molecule has 0 aliphatic carbocycles. The molecule has 1 aliphatic rings. The molecule has 0 saturated carbocycles. The van der Waals surface area contributed by atoms with Crippen molar-refractivity contribution in [2.75, 3.05) is 13.1 Å². The summed E-state index contributed by atoms with van der Waals surface area (Å²) in [7, 11) is 0. The minimum atomic E-state index is -0.453. The predicted octanol–water partition coefficient (Wildman–Crippen LogP) is 3.57. The minimum Gasteiger partial charge on any atom is -0.444 e. The molecular formula is C17H21BrN4O2. The van der Waals surface area contributed by atoms with Crippen LogP contribution in [0.5, 0.6) is 0 Å². The molecule has 6 nitrogen and oxygen atoms in total. The standard InChI is InChI=1S/C17H21BrN4O2/c1-17(2,3)24-16(23)21-8-12(9-21)10-22-11-19-20-15(22)13-4-6-14(18)7-5-13/h4-7,11-12H,8-10H2,1-3H3. The number of hydrogen-bond acceptors (Lipinski definition) is 4. The number of amides is 1. The first-order valence-corrected chi connectivity index (χ1v) is 8.73. The van der Waals surface area contributed by atoms with E-state index in [-0.39, 0.29) is 6.09 Å². The highest BCUT2D eigenvalue weighted by atomic mass is 79.9. The summed E-state index contributed by atoms with van der Waals surface area (Å²) in [5.74, 6) is 1.24. The van der Waals surface area contributed by atoms with Crippen LogP contribution in [0.2, 0.25) is 0 Å². The number of halogens is 1. The molecule has 0 N–H and O–H groups in total. The van der Waals surface area contributed by atoms with Crippen LogP contribution in [0.1, 0.15) is 20.8 Å². The van der Waals surface area contributed by atoms with Crippen molar-refractivity contribution in [3.63, 3.8) is 0 Å². The fourth-order valence-electron chi connectivity index (χ4n) is 2.65. The van der Waals surface area contributed by atoms with E-state index in [9.17, 15) is 4.79 Å². The van der Waals surface area contributed by atoms with E-state index < -0.39 is 5.60 Å². The second kappa shape index (κ2) is 6.55. The fraction of sp³-hybridized carbons (Fsp3) is 0.471. The quantitative estimate of drug-likeness (QED) is 0.800. The highest BCUT2D eigenvalue weighted by molar-refractivity contribution is 9.10. The Bertz CT molecular complexity index is 715. The topological polar surface area (TPSA) is 60.2 Å². The first kappa shape index (κ1) is 17.0. The number of hydrogen-bond donors (Lipinski definition) is 0. The zero-order valence-electron chi connectivity index (χ0n) is 14.1. The Morgan fingerprint density at radius 3 is 2.58 bits per heavy atom. The number of ether oxygens (including phenoxy) is 1. The van der Waals surface area contributed by atoms with Crippen molar-refractivity contribution in [2.45, 2.75) is 32.9 Å². The van der Waals surface area contributed by atoms with Gasteiger partial charge in [-0.25, -0.2) is 4.79 Å². The van der Waals surface area contributed by atoms with E-state index in [1.807, 2.05) is 49.6 Å². The number of carbonyl (C=O) groups excluding carboxylic acids is 1. The Morgan fingerprint density at radius 1 is 1.29 bits per heavy atom. The second-order valence-electron chi connectivity index (χ2n) is 7.07. The average molecular weight is 393 g/mol. The summed E-state index contributed by atoms with van der Waals surface area (Å²) in [4.78, 5) is 13.7. The van der Waals surface area contributed by atoms with Gasteiger partial charge in [-0.05, 0) is 32.9 Å². The van der Waals surface area contributed by atoms with E-state index in [0.29, 0.717) is 19.0 Å². The number of likely N-dealkylation sites (tertiary alicyclic amines) is 1. The van der Waals surface area contributed by atoms with Gasteiger partial charge in [-0.1, -0.05) is 28.1 Å². The van der Waals surface area contributed by atoms with Crippen LogP contribution in [-0.2, 0) is 11.3 Å². The third-order valence-electron chi connectivity index (χ3n) is 3.78.